The Bertz CT molecular complexity index is 1030. The van der Waals surface area contributed by atoms with Gasteiger partial charge in [0.2, 0.25) is 0 Å². The highest BCUT2D eigenvalue weighted by molar-refractivity contribution is 7.20. The monoisotopic (exact) mass is 381 g/mol. The van der Waals surface area contributed by atoms with E-state index in [1.54, 1.807) is 30.4 Å². The van der Waals surface area contributed by atoms with Crippen molar-refractivity contribution in [1.29, 1.82) is 0 Å². The summed E-state index contributed by atoms with van der Waals surface area (Å²) in [6.07, 6.45) is 4.05. The van der Waals surface area contributed by atoms with Crippen molar-refractivity contribution < 1.29 is 9.59 Å². The minimum absolute atomic E-state index is 0.0523. The topological polar surface area (TPSA) is 88.1 Å². The number of hydrogen-bond acceptors (Lipinski definition) is 6. The van der Waals surface area contributed by atoms with Crippen LogP contribution < -0.4 is 5.32 Å². The fourth-order valence-corrected chi connectivity index (χ4v) is 4.64. The molecule has 1 atom stereocenters. The third-order valence-corrected chi connectivity index (χ3v) is 5.89. The van der Waals surface area contributed by atoms with Crippen molar-refractivity contribution >= 4 is 33.5 Å². The Labute approximate surface area is 160 Å². The summed E-state index contributed by atoms with van der Waals surface area (Å²) in [7, 11) is 1.62. The molecule has 0 saturated carbocycles. The number of carbonyl (C=O) groups excluding carboxylic acids is 2. The second-order valence-corrected chi connectivity index (χ2v) is 7.53. The maximum Gasteiger partial charge on any atom is 0.272 e. The van der Waals surface area contributed by atoms with Crippen molar-refractivity contribution in [2.75, 3.05) is 20.1 Å². The maximum atomic E-state index is 12.8. The van der Waals surface area contributed by atoms with Gasteiger partial charge < -0.3 is 10.2 Å². The normalized spacial score (nSPS) is 16.7. The molecule has 8 heteroatoms. The number of aromatic nitrogens is 3. The second-order valence-electron chi connectivity index (χ2n) is 6.54. The highest BCUT2D eigenvalue weighted by atomic mass is 32.1. The van der Waals surface area contributed by atoms with Crippen LogP contribution in [0.2, 0.25) is 0 Å². The molecule has 0 radical (unpaired) electrons. The zero-order valence-electron chi connectivity index (χ0n) is 15.1. The zero-order chi connectivity index (χ0) is 19.0. The SMILES string of the molecule is CNC(=O)c1sc2nccnc2c1[C@H]1CCN(C(=O)c2cccc(C)n2)C1. The van der Waals surface area contributed by atoms with E-state index < -0.39 is 0 Å². The molecule has 27 heavy (non-hydrogen) atoms. The fourth-order valence-electron chi connectivity index (χ4n) is 3.51. The Kier molecular flexibility index (Phi) is 4.57. The van der Waals surface area contributed by atoms with Crippen LogP contribution in [0.3, 0.4) is 0 Å². The largest absolute Gasteiger partial charge is 0.354 e. The van der Waals surface area contributed by atoms with Gasteiger partial charge in [-0.2, -0.15) is 0 Å². The van der Waals surface area contributed by atoms with Crippen LogP contribution in [0.15, 0.2) is 30.6 Å². The number of pyridine rings is 1. The van der Waals surface area contributed by atoms with Gasteiger partial charge in [-0.05, 0) is 25.5 Å². The Balaban J connectivity index is 1.66. The number of nitrogens with zero attached hydrogens (tertiary/aromatic N) is 4. The smallest absolute Gasteiger partial charge is 0.272 e. The van der Waals surface area contributed by atoms with Gasteiger partial charge in [-0.1, -0.05) is 6.07 Å². The molecule has 1 aliphatic rings. The Morgan fingerprint density at radius 2 is 2.07 bits per heavy atom. The lowest BCUT2D eigenvalue weighted by Crippen LogP contribution is -2.29. The first-order chi connectivity index (χ1) is 13.1. The van der Waals surface area contributed by atoms with Gasteiger partial charge in [-0.3, -0.25) is 14.6 Å². The number of fused-ring (bicyclic) bond motifs is 1. The maximum absolute atomic E-state index is 12.8. The number of hydrogen-bond donors (Lipinski definition) is 1. The molecule has 4 rings (SSSR count). The Morgan fingerprint density at radius 3 is 2.85 bits per heavy atom. The second kappa shape index (κ2) is 7.03. The third kappa shape index (κ3) is 3.16. The van der Waals surface area contributed by atoms with Crippen molar-refractivity contribution in [3.05, 3.63) is 52.4 Å². The molecule has 3 aromatic heterocycles. The lowest BCUT2D eigenvalue weighted by molar-refractivity contribution is 0.0784. The molecular weight excluding hydrogens is 362 g/mol. The molecule has 7 nitrogen and oxygen atoms in total. The number of amides is 2. The molecular formula is C19H19N5O2S. The molecule has 4 heterocycles. The van der Waals surface area contributed by atoms with Gasteiger partial charge in [-0.15, -0.1) is 11.3 Å². The number of likely N-dealkylation sites (tertiary alicyclic amines) is 1. The van der Waals surface area contributed by atoms with Crippen LogP contribution >= 0.6 is 11.3 Å². The van der Waals surface area contributed by atoms with Gasteiger partial charge in [0.1, 0.15) is 16.0 Å². The first-order valence-electron chi connectivity index (χ1n) is 8.77. The van der Waals surface area contributed by atoms with Gasteiger partial charge in [0.25, 0.3) is 11.8 Å². The van der Waals surface area contributed by atoms with Crippen LogP contribution in [0.5, 0.6) is 0 Å². The van der Waals surface area contributed by atoms with Crippen LogP contribution in [0, 0.1) is 6.92 Å². The van der Waals surface area contributed by atoms with E-state index in [0.29, 0.717) is 23.7 Å². The fraction of sp³-hybridized carbons (Fsp3) is 0.316. The molecule has 1 N–H and O–H groups in total. The molecule has 1 aliphatic heterocycles. The molecule has 0 unspecified atom stereocenters. The van der Waals surface area contributed by atoms with Gasteiger partial charge in [0, 0.05) is 49.7 Å². The van der Waals surface area contributed by atoms with Crippen LogP contribution in [-0.4, -0.2) is 51.8 Å². The van der Waals surface area contributed by atoms with Crippen molar-refractivity contribution in [2.24, 2.45) is 0 Å². The summed E-state index contributed by atoms with van der Waals surface area (Å²) in [4.78, 5) is 41.5. The lowest BCUT2D eigenvalue weighted by Gasteiger charge is -2.16. The predicted molar refractivity (Wildman–Crippen MR) is 103 cm³/mol. The summed E-state index contributed by atoms with van der Waals surface area (Å²) in [6, 6.07) is 5.45. The molecule has 0 spiro atoms. The van der Waals surface area contributed by atoms with E-state index >= 15 is 0 Å². The minimum Gasteiger partial charge on any atom is -0.354 e. The molecule has 1 fully saturated rings. The molecule has 0 aliphatic carbocycles. The molecule has 0 bridgehead atoms. The van der Waals surface area contributed by atoms with Crippen LogP contribution in [0.1, 0.15) is 43.8 Å². The molecule has 3 aromatic rings. The molecule has 0 aromatic carbocycles. The number of nitrogens with one attached hydrogen (secondary N) is 1. The standard InChI is InChI=1S/C19H19N5O2S/c1-11-4-3-5-13(23-11)19(26)24-9-6-12(10-24)14-15-18(22-8-7-21-15)27-16(14)17(25)20-2/h3-5,7-8,12H,6,9-10H2,1-2H3,(H,20,25)/t12-/m0/s1. The number of thiophene rings is 1. The zero-order valence-corrected chi connectivity index (χ0v) is 15.9. The lowest BCUT2D eigenvalue weighted by atomic mass is 9.97. The summed E-state index contributed by atoms with van der Waals surface area (Å²) in [5.41, 5.74) is 2.93. The summed E-state index contributed by atoms with van der Waals surface area (Å²) in [5.74, 6) is -0.162. The molecule has 2 amide bonds. The van der Waals surface area contributed by atoms with Crippen molar-refractivity contribution in [3.63, 3.8) is 0 Å². The predicted octanol–water partition coefficient (Wildman–Crippen LogP) is 2.38. The van der Waals surface area contributed by atoms with E-state index in [1.807, 2.05) is 19.1 Å². The first-order valence-corrected chi connectivity index (χ1v) is 9.58. The van der Waals surface area contributed by atoms with Crippen molar-refractivity contribution in [1.82, 2.24) is 25.2 Å². The van der Waals surface area contributed by atoms with E-state index in [9.17, 15) is 9.59 Å². The van der Waals surface area contributed by atoms with E-state index in [2.05, 4.69) is 20.3 Å². The highest BCUT2D eigenvalue weighted by Gasteiger charge is 2.33. The van der Waals surface area contributed by atoms with Crippen molar-refractivity contribution in [2.45, 2.75) is 19.3 Å². The number of carbonyl (C=O) groups is 2. The summed E-state index contributed by atoms with van der Waals surface area (Å²) in [5, 5.41) is 2.70. The quantitative estimate of drug-likeness (QED) is 0.753. The number of aryl methyl sites for hydroxylation is 1. The van der Waals surface area contributed by atoms with Gasteiger partial charge >= 0.3 is 0 Å². The summed E-state index contributed by atoms with van der Waals surface area (Å²) >= 11 is 1.35. The molecule has 1 saturated heterocycles. The van der Waals surface area contributed by atoms with Gasteiger partial charge in [0.05, 0.1) is 4.88 Å². The number of rotatable bonds is 3. The average Bonchev–Trinajstić information content (AvgIpc) is 3.31. The Hall–Kier alpha value is -2.87. The van der Waals surface area contributed by atoms with Crippen LogP contribution in [0.25, 0.3) is 10.3 Å². The van der Waals surface area contributed by atoms with Crippen LogP contribution in [-0.2, 0) is 0 Å². The van der Waals surface area contributed by atoms with Crippen LogP contribution in [0.4, 0.5) is 0 Å². The summed E-state index contributed by atoms with van der Waals surface area (Å²) < 4.78 is 0. The third-order valence-electron chi connectivity index (χ3n) is 4.79. The minimum atomic E-state index is -0.139. The first kappa shape index (κ1) is 17.5. The van der Waals surface area contributed by atoms with E-state index in [-0.39, 0.29) is 17.7 Å². The Morgan fingerprint density at radius 1 is 1.26 bits per heavy atom. The van der Waals surface area contributed by atoms with E-state index in [4.69, 9.17) is 0 Å². The average molecular weight is 381 g/mol. The molecule has 138 valence electrons. The summed E-state index contributed by atoms with van der Waals surface area (Å²) in [6.45, 7) is 3.04. The van der Waals surface area contributed by atoms with E-state index in [0.717, 1.165) is 28.0 Å². The van der Waals surface area contributed by atoms with Gasteiger partial charge in [0.15, 0.2) is 0 Å². The van der Waals surface area contributed by atoms with Crippen molar-refractivity contribution in [3.8, 4) is 0 Å². The van der Waals surface area contributed by atoms with E-state index in [1.165, 1.54) is 11.3 Å². The highest BCUT2D eigenvalue weighted by Crippen LogP contribution is 2.38. The van der Waals surface area contributed by atoms with Gasteiger partial charge in [-0.25, -0.2) is 9.97 Å².